The van der Waals surface area contributed by atoms with Crippen LogP contribution in [0.15, 0.2) is 60.0 Å². The third kappa shape index (κ3) is 5.00. The van der Waals surface area contributed by atoms with Crippen molar-refractivity contribution in [2.45, 2.75) is 19.9 Å². The highest BCUT2D eigenvalue weighted by Crippen LogP contribution is 2.21. The monoisotopic (exact) mass is 365 g/mol. The van der Waals surface area contributed by atoms with Gasteiger partial charge in [-0.25, -0.2) is 4.98 Å². The molecule has 0 saturated heterocycles. The minimum absolute atomic E-state index is 0.0223. The van der Waals surface area contributed by atoms with E-state index in [0.29, 0.717) is 13.1 Å². The van der Waals surface area contributed by atoms with Crippen molar-refractivity contribution in [3.05, 3.63) is 70.7 Å². The number of anilines is 1. The fourth-order valence-electron chi connectivity index (χ4n) is 2.74. The molecule has 134 valence electrons. The summed E-state index contributed by atoms with van der Waals surface area (Å²) in [7, 11) is 1.93. The van der Waals surface area contributed by atoms with Gasteiger partial charge in [0.1, 0.15) is 0 Å². The van der Waals surface area contributed by atoms with E-state index in [4.69, 9.17) is 0 Å². The van der Waals surface area contributed by atoms with Crippen LogP contribution >= 0.6 is 11.3 Å². The molecular weight excluding hydrogens is 342 g/mol. The molecule has 1 aromatic heterocycles. The van der Waals surface area contributed by atoms with Gasteiger partial charge in [0, 0.05) is 17.6 Å². The number of benzene rings is 2. The van der Waals surface area contributed by atoms with Crippen molar-refractivity contribution < 1.29 is 4.79 Å². The Hall–Kier alpha value is -2.50. The maximum Gasteiger partial charge on any atom is 0.238 e. The number of nitrogens with zero attached hydrogens (tertiary/aromatic N) is 2. The number of amides is 1. The summed E-state index contributed by atoms with van der Waals surface area (Å²) < 4.78 is 0. The van der Waals surface area contributed by atoms with Gasteiger partial charge in [-0.05, 0) is 36.7 Å². The molecule has 0 atom stereocenters. The summed E-state index contributed by atoms with van der Waals surface area (Å²) in [5, 5.41) is 6.16. The van der Waals surface area contributed by atoms with E-state index < -0.39 is 0 Å². The van der Waals surface area contributed by atoms with E-state index in [-0.39, 0.29) is 5.91 Å². The predicted octanol–water partition coefficient (Wildman–Crippen LogP) is 4.44. The quantitative estimate of drug-likeness (QED) is 0.673. The van der Waals surface area contributed by atoms with Crippen molar-refractivity contribution in [1.82, 2.24) is 9.88 Å². The minimum atomic E-state index is -0.0223. The van der Waals surface area contributed by atoms with Gasteiger partial charge in [-0.15, -0.1) is 11.3 Å². The normalized spacial score (nSPS) is 10.9. The van der Waals surface area contributed by atoms with Crippen molar-refractivity contribution in [3.63, 3.8) is 0 Å². The lowest BCUT2D eigenvalue weighted by Crippen LogP contribution is -2.29. The molecule has 0 saturated carbocycles. The van der Waals surface area contributed by atoms with Crippen LogP contribution in [0.5, 0.6) is 0 Å². The molecule has 3 rings (SSSR count). The first-order valence-electron chi connectivity index (χ1n) is 8.71. The summed E-state index contributed by atoms with van der Waals surface area (Å²) in [6, 6.07) is 18.1. The average molecular weight is 366 g/mol. The second-order valence-electron chi connectivity index (χ2n) is 6.25. The number of hydrogen-bond acceptors (Lipinski definition) is 4. The van der Waals surface area contributed by atoms with Crippen LogP contribution in [0.3, 0.4) is 0 Å². The smallest absolute Gasteiger partial charge is 0.238 e. The Morgan fingerprint density at radius 3 is 2.42 bits per heavy atom. The number of carbonyl (C=O) groups excluding carboxylic acids is 1. The maximum atomic E-state index is 12.3. The molecule has 1 heterocycles. The zero-order valence-corrected chi connectivity index (χ0v) is 15.9. The average Bonchev–Trinajstić information content (AvgIpc) is 3.10. The van der Waals surface area contributed by atoms with Gasteiger partial charge in [0.05, 0.1) is 17.2 Å². The highest BCUT2D eigenvalue weighted by atomic mass is 32.1. The number of hydrogen-bond donors (Lipinski definition) is 1. The molecule has 0 aliphatic rings. The van der Waals surface area contributed by atoms with E-state index in [9.17, 15) is 4.79 Å². The van der Waals surface area contributed by atoms with E-state index in [1.807, 2.05) is 54.4 Å². The summed E-state index contributed by atoms with van der Waals surface area (Å²) in [5.41, 5.74) is 4.13. The fraction of sp³-hybridized carbons (Fsp3) is 0.238. The first kappa shape index (κ1) is 18.3. The molecule has 1 amide bonds. The van der Waals surface area contributed by atoms with E-state index >= 15 is 0 Å². The van der Waals surface area contributed by atoms with Gasteiger partial charge in [0.25, 0.3) is 0 Å². The zero-order chi connectivity index (χ0) is 18.4. The molecular formula is C21H23N3OS. The van der Waals surface area contributed by atoms with Gasteiger partial charge in [-0.1, -0.05) is 49.4 Å². The molecule has 5 heteroatoms. The number of carbonyl (C=O) groups is 1. The number of thiazole rings is 1. The Morgan fingerprint density at radius 2 is 1.77 bits per heavy atom. The van der Waals surface area contributed by atoms with Gasteiger partial charge >= 0.3 is 0 Å². The van der Waals surface area contributed by atoms with E-state index in [1.54, 1.807) is 11.3 Å². The van der Waals surface area contributed by atoms with Crippen LogP contribution in [0.4, 0.5) is 5.69 Å². The van der Waals surface area contributed by atoms with Crippen molar-refractivity contribution in [1.29, 1.82) is 0 Å². The lowest BCUT2D eigenvalue weighted by molar-refractivity contribution is -0.117. The van der Waals surface area contributed by atoms with Crippen LogP contribution in [-0.4, -0.2) is 29.4 Å². The second kappa shape index (κ2) is 8.74. The SMILES string of the molecule is CCc1nc(CN(C)CC(=O)Nc2ccc(-c3ccccc3)cc2)cs1. The summed E-state index contributed by atoms with van der Waals surface area (Å²) >= 11 is 1.67. The number of rotatable bonds is 7. The summed E-state index contributed by atoms with van der Waals surface area (Å²) in [5.74, 6) is -0.0223. The van der Waals surface area contributed by atoms with E-state index in [0.717, 1.165) is 28.4 Å². The highest BCUT2D eigenvalue weighted by Gasteiger charge is 2.10. The largest absolute Gasteiger partial charge is 0.325 e. The van der Waals surface area contributed by atoms with Crippen LogP contribution in [0.1, 0.15) is 17.6 Å². The van der Waals surface area contributed by atoms with Gasteiger partial charge < -0.3 is 5.32 Å². The summed E-state index contributed by atoms with van der Waals surface area (Å²) in [4.78, 5) is 18.8. The maximum absolute atomic E-state index is 12.3. The molecule has 4 nitrogen and oxygen atoms in total. The van der Waals surface area contributed by atoms with E-state index in [1.165, 1.54) is 5.56 Å². The van der Waals surface area contributed by atoms with E-state index in [2.05, 4.69) is 34.7 Å². The Kier molecular flexibility index (Phi) is 6.15. The molecule has 0 radical (unpaired) electrons. The standard InChI is InChI=1S/C21H23N3OS/c1-3-21-23-19(15-26-21)13-24(2)14-20(25)22-18-11-9-17(10-12-18)16-7-5-4-6-8-16/h4-12,15H,3,13-14H2,1-2H3,(H,22,25). The molecule has 0 unspecified atom stereocenters. The van der Waals surface area contributed by atoms with Crippen LogP contribution in [0.25, 0.3) is 11.1 Å². The third-order valence-corrected chi connectivity index (χ3v) is 5.06. The molecule has 2 aromatic carbocycles. The highest BCUT2D eigenvalue weighted by molar-refractivity contribution is 7.09. The molecule has 0 spiro atoms. The lowest BCUT2D eigenvalue weighted by atomic mass is 10.1. The van der Waals surface area contributed by atoms with Crippen LogP contribution < -0.4 is 5.32 Å². The second-order valence-corrected chi connectivity index (χ2v) is 7.19. The van der Waals surface area contributed by atoms with Crippen LogP contribution in [0, 0.1) is 0 Å². The Morgan fingerprint density at radius 1 is 1.08 bits per heavy atom. The topological polar surface area (TPSA) is 45.2 Å². The number of likely N-dealkylation sites (N-methyl/N-ethyl adjacent to an activating group) is 1. The van der Waals surface area contributed by atoms with Gasteiger partial charge in [0.2, 0.25) is 5.91 Å². The number of aromatic nitrogens is 1. The van der Waals surface area contributed by atoms with Crippen LogP contribution in [-0.2, 0) is 17.8 Å². The third-order valence-electron chi connectivity index (χ3n) is 4.02. The van der Waals surface area contributed by atoms with Gasteiger partial charge in [-0.2, -0.15) is 0 Å². The lowest BCUT2D eigenvalue weighted by Gasteiger charge is -2.15. The van der Waals surface area contributed by atoms with Crippen molar-refractivity contribution in [2.24, 2.45) is 0 Å². The predicted molar refractivity (Wildman–Crippen MR) is 108 cm³/mol. The fourth-order valence-corrected chi connectivity index (χ4v) is 3.47. The summed E-state index contributed by atoms with van der Waals surface area (Å²) in [6.45, 7) is 3.11. The Labute approximate surface area is 158 Å². The zero-order valence-electron chi connectivity index (χ0n) is 15.1. The minimum Gasteiger partial charge on any atom is -0.325 e. The molecule has 0 aliphatic heterocycles. The first-order chi connectivity index (χ1) is 12.6. The number of aryl methyl sites for hydroxylation is 1. The first-order valence-corrected chi connectivity index (χ1v) is 9.59. The molecule has 0 aliphatic carbocycles. The van der Waals surface area contributed by atoms with Gasteiger partial charge in [0.15, 0.2) is 0 Å². The molecule has 1 N–H and O–H groups in total. The Bertz CT molecular complexity index is 843. The van der Waals surface area contributed by atoms with Crippen LogP contribution in [0.2, 0.25) is 0 Å². The molecule has 3 aromatic rings. The molecule has 0 fully saturated rings. The van der Waals surface area contributed by atoms with Crippen molar-refractivity contribution in [3.8, 4) is 11.1 Å². The molecule has 0 bridgehead atoms. The Balaban J connectivity index is 1.52. The number of nitrogens with one attached hydrogen (secondary N) is 1. The van der Waals surface area contributed by atoms with Crippen molar-refractivity contribution >= 4 is 22.9 Å². The molecule has 26 heavy (non-hydrogen) atoms. The van der Waals surface area contributed by atoms with Crippen molar-refractivity contribution in [2.75, 3.05) is 18.9 Å². The summed E-state index contributed by atoms with van der Waals surface area (Å²) in [6.07, 6.45) is 0.952. The van der Waals surface area contributed by atoms with Gasteiger partial charge in [-0.3, -0.25) is 9.69 Å².